The summed E-state index contributed by atoms with van der Waals surface area (Å²) in [6, 6.07) is 9.04. The Morgan fingerprint density at radius 3 is 2.79 bits per heavy atom. The van der Waals surface area contributed by atoms with Crippen molar-refractivity contribution in [3.8, 4) is 0 Å². The Kier molecular flexibility index (Phi) is 4.20. The molecule has 0 amide bonds. The lowest BCUT2D eigenvalue weighted by molar-refractivity contribution is 0.0695. The molecule has 0 fully saturated rings. The number of pyridine rings is 1. The normalized spacial score (nSPS) is 10.4. The first-order valence-corrected chi connectivity index (χ1v) is 5.66. The van der Waals surface area contributed by atoms with Crippen LogP contribution in [0.15, 0.2) is 42.6 Å². The molecule has 1 N–H and O–H groups in total. The number of hydrogen-bond donors (Lipinski definition) is 1. The van der Waals surface area contributed by atoms with E-state index in [0.717, 1.165) is 11.8 Å². The second-order valence-electron chi connectivity index (χ2n) is 3.93. The number of benzene rings is 1. The molecule has 0 radical (unpaired) electrons. The van der Waals surface area contributed by atoms with Crippen LogP contribution in [0.2, 0.25) is 0 Å². The van der Waals surface area contributed by atoms with Crippen LogP contribution in [0.3, 0.4) is 0 Å². The lowest BCUT2D eigenvalue weighted by Gasteiger charge is -2.06. The number of halogens is 1. The van der Waals surface area contributed by atoms with Crippen molar-refractivity contribution in [1.82, 2.24) is 4.98 Å². The number of aromatic carboxylic acids is 1. The summed E-state index contributed by atoms with van der Waals surface area (Å²) in [6.07, 6.45) is 1.64. The molecule has 0 saturated heterocycles. The predicted molar refractivity (Wildman–Crippen MR) is 66.1 cm³/mol. The maximum Gasteiger partial charge on any atom is 0.335 e. The molecule has 0 aliphatic rings. The molecule has 0 bridgehead atoms. The van der Waals surface area contributed by atoms with E-state index in [4.69, 9.17) is 9.84 Å². The number of carbonyl (C=O) groups is 1. The van der Waals surface area contributed by atoms with Gasteiger partial charge in [0.1, 0.15) is 5.82 Å². The van der Waals surface area contributed by atoms with Gasteiger partial charge in [0.05, 0.1) is 24.5 Å². The number of carboxylic acid groups (broad SMARTS) is 1. The van der Waals surface area contributed by atoms with Crippen LogP contribution < -0.4 is 0 Å². The molecule has 2 rings (SSSR count). The van der Waals surface area contributed by atoms with Crippen molar-refractivity contribution in [3.05, 3.63) is 65.2 Å². The van der Waals surface area contributed by atoms with Crippen LogP contribution in [-0.2, 0) is 18.0 Å². The molecule has 2 aromatic rings. The SMILES string of the molecule is O=C(O)c1ccc(F)c(COCc2ccccn2)c1. The molecule has 0 aliphatic carbocycles. The van der Waals surface area contributed by atoms with Gasteiger partial charge in [0, 0.05) is 11.8 Å². The first kappa shape index (κ1) is 13.2. The minimum Gasteiger partial charge on any atom is -0.478 e. The monoisotopic (exact) mass is 261 g/mol. The second kappa shape index (κ2) is 6.06. The molecule has 19 heavy (non-hydrogen) atoms. The van der Waals surface area contributed by atoms with Crippen molar-refractivity contribution < 1.29 is 19.0 Å². The minimum atomic E-state index is -1.09. The molecule has 98 valence electrons. The van der Waals surface area contributed by atoms with Crippen molar-refractivity contribution in [2.24, 2.45) is 0 Å². The zero-order chi connectivity index (χ0) is 13.7. The Bertz CT molecular complexity index is 572. The fraction of sp³-hybridized carbons (Fsp3) is 0.143. The summed E-state index contributed by atoms with van der Waals surface area (Å²) in [7, 11) is 0. The zero-order valence-corrected chi connectivity index (χ0v) is 10.0. The summed E-state index contributed by atoms with van der Waals surface area (Å²) in [5.41, 5.74) is 0.992. The summed E-state index contributed by atoms with van der Waals surface area (Å²) in [4.78, 5) is 14.9. The van der Waals surface area contributed by atoms with Gasteiger partial charge in [-0.25, -0.2) is 9.18 Å². The summed E-state index contributed by atoms with van der Waals surface area (Å²) in [5.74, 6) is -1.57. The van der Waals surface area contributed by atoms with Gasteiger partial charge in [-0.05, 0) is 30.3 Å². The maximum atomic E-state index is 13.5. The molecule has 0 atom stereocenters. The van der Waals surface area contributed by atoms with Crippen molar-refractivity contribution >= 4 is 5.97 Å². The van der Waals surface area contributed by atoms with Crippen molar-refractivity contribution in [1.29, 1.82) is 0 Å². The fourth-order valence-corrected chi connectivity index (χ4v) is 1.57. The molecule has 0 saturated carbocycles. The van der Waals surface area contributed by atoms with Gasteiger partial charge in [-0.1, -0.05) is 6.07 Å². The van der Waals surface area contributed by atoms with Gasteiger partial charge < -0.3 is 9.84 Å². The van der Waals surface area contributed by atoms with Crippen molar-refractivity contribution in [2.45, 2.75) is 13.2 Å². The molecule has 1 heterocycles. The Morgan fingerprint density at radius 2 is 2.11 bits per heavy atom. The number of hydrogen-bond acceptors (Lipinski definition) is 3. The van der Waals surface area contributed by atoms with Crippen LogP contribution in [0.4, 0.5) is 4.39 Å². The van der Waals surface area contributed by atoms with Crippen molar-refractivity contribution in [3.63, 3.8) is 0 Å². The van der Waals surface area contributed by atoms with Gasteiger partial charge in [-0.15, -0.1) is 0 Å². The topological polar surface area (TPSA) is 59.4 Å². The number of aromatic nitrogens is 1. The van der Waals surface area contributed by atoms with Gasteiger partial charge >= 0.3 is 5.97 Å². The molecule has 5 heteroatoms. The standard InChI is InChI=1S/C14H12FNO3/c15-13-5-4-10(14(17)18)7-11(13)8-19-9-12-3-1-2-6-16-12/h1-7H,8-9H2,(H,17,18). The van der Waals surface area contributed by atoms with E-state index in [-0.39, 0.29) is 24.3 Å². The third-order valence-corrected chi connectivity index (χ3v) is 2.53. The van der Waals surface area contributed by atoms with Crippen LogP contribution in [-0.4, -0.2) is 16.1 Å². The lowest BCUT2D eigenvalue weighted by atomic mass is 10.1. The van der Waals surface area contributed by atoms with Crippen LogP contribution in [0.1, 0.15) is 21.6 Å². The van der Waals surface area contributed by atoms with Crippen LogP contribution in [0.25, 0.3) is 0 Å². The van der Waals surface area contributed by atoms with Gasteiger partial charge in [0.2, 0.25) is 0 Å². The highest BCUT2D eigenvalue weighted by atomic mass is 19.1. The second-order valence-corrected chi connectivity index (χ2v) is 3.93. The van der Waals surface area contributed by atoms with Gasteiger partial charge in [0.25, 0.3) is 0 Å². The third kappa shape index (κ3) is 3.59. The quantitative estimate of drug-likeness (QED) is 0.898. The molecule has 0 unspecified atom stereocenters. The molecular formula is C14H12FNO3. The van der Waals surface area contributed by atoms with E-state index in [1.807, 2.05) is 6.07 Å². The van der Waals surface area contributed by atoms with E-state index in [1.165, 1.54) is 12.1 Å². The molecule has 4 nitrogen and oxygen atoms in total. The van der Waals surface area contributed by atoms with Crippen LogP contribution >= 0.6 is 0 Å². The van der Waals surface area contributed by atoms with Gasteiger partial charge in [-0.2, -0.15) is 0 Å². The summed E-state index contributed by atoms with van der Waals surface area (Å²) in [6.45, 7) is 0.251. The fourth-order valence-electron chi connectivity index (χ4n) is 1.57. The molecule has 1 aromatic heterocycles. The first-order valence-electron chi connectivity index (χ1n) is 5.66. The highest BCUT2D eigenvalue weighted by Crippen LogP contribution is 2.12. The number of carboxylic acids is 1. The summed E-state index contributed by atoms with van der Waals surface area (Å²) in [5, 5.41) is 8.83. The molecule has 0 aliphatic heterocycles. The van der Waals surface area contributed by atoms with E-state index in [9.17, 15) is 9.18 Å². The average Bonchev–Trinajstić information content (AvgIpc) is 2.42. The highest BCUT2D eigenvalue weighted by molar-refractivity contribution is 5.87. The summed E-state index contributed by atoms with van der Waals surface area (Å²) >= 11 is 0. The Hall–Kier alpha value is -2.27. The largest absolute Gasteiger partial charge is 0.478 e. The number of rotatable bonds is 5. The van der Waals surface area contributed by atoms with E-state index < -0.39 is 11.8 Å². The molecule has 1 aromatic carbocycles. The van der Waals surface area contributed by atoms with Gasteiger partial charge in [-0.3, -0.25) is 4.98 Å². The van der Waals surface area contributed by atoms with Gasteiger partial charge in [0.15, 0.2) is 0 Å². The van der Waals surface area contributed by atoms with E-state index in [2.05, 4.69) is 4.98 Å². The predicted octanol–water partition coefficient (Wildman–Crippen LogP) is 2.64. The third-order valence-electron chi connectivity index (χ3n) is 2.53. The van der Waals surface area contributed by atoms with Crippen LogP contribution in [0, 0.1) is 5.82 Å². The first-order chi connectivity index (χ1) is 9.16. The van der Waals surface area contributed by atoms with E-state index in [0.29, 0.717) is 0 Å². The maximum absolute atomic E-state index is 13.5. The highest BCUT2D eigenvalue weighted by Gasteiger charge is 2.08. The Morgan fingerprint density at radius 1 is 1.26 bits per heavy atom. The Labute approximate surface area is 109 Å². The number of ether oxygens (including phenoxy) is 1. The zero-order valence-electron chi connectivity index (χ0n) is 10.0. The molecular weight excluding hydrogens is 249 g/mol. The lowest BCUT2D eigenvalue weighted by Crippen LogP contribution is -2.02. The van der Waals surface area contributed by atoms with E-state index in [1.54, 1.807) is 18.3 Å². The molecule has 0 spiro atoms. The smallest absolute Gasteiger partial charge is 0.335 e. The minimum absolute atomic E-state index is 0.00350. The Balaban J connectivity index is 1.99. The average molecular weight is 261 g/mol. The van der Waals surface area contributed by atoms with Crippen LogP contribution in [0.5, 0.6) is 0 Å². The number of nitrogens with zero attached hydrogens (tertiary/aromatic N) is 1. The van der Waals surface area contributed by atoms with Crippen molar-refractivity contribution in [2.75, 3.05) is 0 Å². The summed E-state index contributed by atoms with van der Waals surface area (Å²) < 4.78 is 18.8. The van der Waals surface area contributed by atoms with E-state index >= 15 is 0 Å².